The molecule has 1 aliphatic rings. The number of carbonyl (C=O) groups is 2. The van der Waals surface area contributed by atoms with Crippen molar-refractivity contribution in [2.45, 2.75) is 12.5 Å². The zero-order chi connectivity index (χ0) is 24.2. The van der Waals surface area contributed by atoms with Crippen LogP contribution in [0.4, 0.5) is 0 Å². The molecule has 0 saturated carbocycles. The van der Waals surface area contributed by atoms with E-state index in [0.717, 1.165) is 5.56 Å². The second kappa shape index (κ2) is 10.0. The molecule has 3 aromatic rings. The number of aliphatic hydroxyl groups excluding tert-OH is 1. The standard InChI is InChI=1S/C26H25NO6S/c1-31-18-14-17(15-19(32-2)25(18)33-3)22-21(23(28)20-10-7-13-34-20)24(29)26(30)27(22)12-11-16-8-5-4-6-9-16/h4-10,13-15,22,29H,11-12H2,1-3H3. The van der Waals surface area contributed by atoms with Crippen LogP contribution in [0.2, 0.25) is 0 Å². The number of aliphatic hydroxyl groups is 1. The number of rotatable bonds is 9. The highest BCUT2D eigenvalue weighted by molar-refractivity contribution is 7.12. The number of ether oxygens (including phenoxy) is 3. The third-order valence-electron chi connectivity index (χ3n) is 5.78. The minimum Gasteiger partial charge on any atom is -0.503 e. The summed E-state index contributed by atoms with van der Waals surface area (Å²) in [7, 11) is 4.50. The first-order valence-corrected chi connectivity index (χ1v) is 11.5. The molecule has 1 unspecified atom stereocenters. The molecule has 34 heavy (non-hydrogen) atoms. The number of amides is 1. The van der Waals surface area contributed by atoms with E-state index in [1.165, 1.54) is 37.6 Å². The van der Waals surface area contributed by atoms with E-state index in [0.29, 0.717) is 40.7 Å². The number of ketones is 1. The maximum Gasteiger partial charge on any atom is 0.290 e. The van der Waals surface area contributed by atoms with Gasteiger partial charge in [-0.1, -0.05) is 36.4 Å². The largest absolute Gasteiger partial charge is 0.503 e. The molecule has 1 aliphatic heterocycles. The molecule has 0 bridgehead atoms. The van der Waals surface area contributed by atoms with Crippen LogP contribution in [-0.2, 0) is 11.2 Å². The molecule has 0 fully saturated rings. The summed E-state index contributed by atoms with van der Waals surface area (Å²) in [6.07, 6.45) is 0.557. The fraction of sp³-hybridized carbons (Fsp3) is 0.231. The maximum absolute atomic E-state index is 13.4. The molecule has 0 radical (unpaired) electrons. The van der Waals surface area contributed by atoms with Gasteiger partial charge < -0.3 is 24.2 Å². The number of benzene rings is 2. The molecule has 0 aliphatic carbocycles. The van der Waals surface area contributed by atoms with Crippen LogP contribution in [0.3, 0.4) is 0 Å². The molecular formula is C26H25NO6S. The first-order chi connectivity index (χ1) is 16.5. The second-order valence-electron chi connectivity index (χ2n) is 7.66. The molecule has 7 nitrogen and oxygen atoms in total. The van der Waals surface area contributed by atoms with Crippen LogP contribution in [0.5, 0.6) is 17.2 Å². The van der Waals surface area contributed by atoms with Gasteiger partial charge in [0, 0.05) is 6.54 Å². The first-order valence-electron chi connectivity index (χ1n) is 10.7. The third kappa shape index (κ3) is 4.24. The number of Topliss-reactive ketones (excluding diaryl/α,β-unsaturated/α-hetero) is 1. The Balaban J connectivity index is 1.82. The van der Waals surface area contributed by atoms with Crippen molar-refractivity contribution in [3.8, 4) is 17.2 Å². The van der Waals surface area contributed by atoms with E-state index >= 15 is 0 Å². The Labute approximate surface area is 201 Å². The number of nitrogens with zero attached hydrogens (tertiary/aromatic N) is 1. The molecule has 4 rings (SSSR count). The number of hydrogen-bond donors (Lipinski definition) is 1. The lowest BCUT2D eigenvalue weighted by molar-refractivity contribution is -0.129. The molecule has 1 atom stereocenters. The van der Waals surface area contributed by atoms with E-state index in [-0.39, 0.29) is 11.4 Å². The zero-order valence-electron chi connectivity index (χ0n) is 19.1. The van der Waals surface area contributed by atoms with Crippen molar-refractivity contribution in [3.05, 3.63) is 87.3 Å². The van der Waals surface area contributed by atoms with E-state index in [1.807, 2.05) is 30.3 Å². The average Bonchev–Trinajstić information content (AvgIpc) is 3.49. The number of thiophene rings is 1. The van der Waals surface area contributed by atoms with Crippen molar-refractivity contribution in [3.63, 3.8) is 0 Å². The van der Waals surface area contributed by atoms with Crippen molar-refractivity contribution in [1.29, 1.82) is 0 Å². The Morgan fingerprint density at radius 2 is 1.68 bits per heavy atom. The molecule has 1 aromatic heterocycles. The van der Waals surface area contributed by atoms with Crippen molar-refractivity contribution in [2.24, 2.45) is 0 Å². The molecule has 2 heterocycles. The second-order valence-corrected chi connectivity index (χ2v) is 8.61. The summed E-state index contributed by atoms with van der Waals surface area (Å²) < 4.78 is 16.4. The monoisotopic (exact) mass is 479 g/mol. The molecule has 0 spiro atoms. The summed E-state index contributed by atoms with van der Waals surface area (Å²) in [5.41, 5.74) is 1.64. The molecule has 176 valence electrons. The molecule has 1 amide bonds. The average molecular weight is 480 g/mol. The first kappa shape index (κ1) is 23.4. The van der Waals surface area contributed by atoms with Crippen LogP contribution in [0, 0.1) is 0 Å². The van der Waals surface area contributed by atoms with Crippen LogP contribution in [0.25, 0.3) is 0 Å². The lowest BCUT2D eigenvalue weighted by Gasteiger charge is -2.28. The van der Waals surface area contributed by atoms with Crippen LogP contribution in [0.1, 0.15) is 26.8 Å². The van der Waals surface area contributed by atoms with Crippen LogP contribution in [-0.4, -0.2) is 49.6 Å². The van der Waals surface area contributed by atoms with Crippen LogP contribution in [0.15, 0.2) is 71.3 Å². The van der Waals surface area contributed by atoms with Gasteiger partial charge in [-0.15, -0.1) is 11.3 Å². The highest BCUT2D eigenvalue weighted by Gasteiger charge is 2.44. The summed E-state index contributed by atoms with van der Waals surface area (Å²) in [6.45, 7) is 0.301. The number of methoxy groups -OCH3 is 3. The molecule has 8 heteroatoms. The highest BCUT2D eigenvalue weighted by Crippen LogP contribution is 2.45. The SMILES string of the molecule is COc1cc(C2C(C(=O)c3cccs3)=C(O)C(=O)N2CCc2ccccc2)cc(OC)c1OC. The van der Waals surface area contributed by atoms with Gasteiger partial charge in [0.1, 0.15) is 0 Å². The van der Waals surface area contributed by atoms with E-state index < -0.39 is 17.7 Å². The Hall–Kier alpha value is -3.78. The topological polar surface area (TPSA) is 85.3 Å². The third-order valence-corrected chi connectivity index (χ3v) is 6.65. The van der Waals surface area contributed by atoms with Gasteiger partial charge >= 0.3 is 0 Å². The van der Waals surface area contributed by atoms with E-state index in [2.05, 4.69) is 0 Å². The highest BCUT2D eigenvalue weighted by atomic mass is 32.1. The molecule has 0 saturated heterocycles. The summed E-state index contributed by atoms with van der Waals surface area (Å²) in [5, 5.41) is 12.6. The van der Waals surface area contributed by atoms with Gasteiger partial charge in [0.25, 0.3) is 5.91 Å². The Kier molecular flexibility index (Phi) is 6.88. The summed E-state index contributed by atoms with van der Waals surface area (Å²) >= 11 is 1.26. The van der Waals surface area contributed by atoms with E-state index in [9.17, 15) is 14.7 Å². The fourth-order valence-corrected chi connectivity index (χ4v) is 4.83. The fourth-order valence-electron chi connectivity index (χ4n) is 4.16. The normalized spacial score (nSPS) is 15.6. The Morgan fingerprint density at radius 1 is 1.00 bits per heavy atom. The van der Waals surface area contributed by atoms with Crippen LogP contribution >= 0.6 is 11.3 Å². The lowest BCUT2D eigenvalue weighted by Crippen LogP contribution is -2.33. The van der Waals surface area contributed by atoms with Gasteiger partial charge in [-0.05, 0) is 41.1 Å². The van der Waals surface area contributed by atoms with Crippen molar-refractivity contribution in [2.75, 3.05) is 27.9 Å². The van der Waals surface area contributed by atoms with Gasteiger partial charge in [-0.3, -0.25) is 9.59 Å². The van der Waals surface area contributed by atoms with Gasteiger partial charge in [0.15, 0.2) is 17.3 Å². The summed E-state index contributed by atoms with van der Waals surface area (Å²) in [6, 6.07) is 15.8. The van der Waals surface area contributed by atoms with Gasteiger partial charge in [-0.25, -0.2) is 0 Å². The summed E-state index contributed by atoms with van der Waals surface area (Å²) in [4.78, 5) is 28.6. The predicted octanol–water partition coefficient (Wildman–Crippen LogP) is 4.59. The number of carbonyl (C=O) groups excluding carboxylic acids is 2. The van der Waals surface area contributed by atoms with Gasteiger partial charge in [0.05, 0.1) is 37.8 Å². The molecular weight excluding hydrogens is 454 g/mol. The van der Waals surface area contributed by atoms with E-state index in [1.54, 1.807) is 29.6 Å². The predicted molar refractivity (Wildman–Crippen MR) is 129 cm³/mol. The molecule has 2 aromatic carbocycles. The van der Waals surface area contributed by atoms with E-state index in [4.69, 9.17) is 14.2 Å². The van der Waals surface area contributed by atoms with Crippen molar-refractivity contribution >= 4 is 23.0 Å². The maximum atomic E-state index is 13.4. The van der Waals surface area contributed by atoms with Gasteiger partial charge in [-0.2, -0.15) is 0 Å². The smallest absolute Gasteiger partial charge is 0.290 e. The zero-order valence-corrected chi connectivity index (χ0v) is 19.9. The van der Waals surface area contributed by atoms with Crippen molar-refractivity contribution in [1.82, 2.24) is 4.90 Å². The Bertz CT molecular complexity index is 1190. The molecule has 1 N–H and O–H groups in total. The van der Waals surface area contributed by atoms with Crippen LogP contribution < -0.4 is 14.2 Å². The minimum atomic E-state index is -0.820. The number of hydrogen-bond acceptors (Lipinski definition) is 7. The Morgan fingerprint density at radius 3 is 2.24 bits per heavy atom. The summed E-state index contributed by atoms with van der Waals surface area (Å²) in [5.74, 6) is -0.335. The lowest BCUT2D eigenvalue weighted by atomic mass is 9.94. The quantitative estimate of drug-likeness (QED) is 0.452. The minimum absolute atomic E-state index is 0.0368. The van der Waals surface area contributed by atoms with Crippen molar-refractivity contribution < 1.29 is 28.9 Å². The van der Waals surface area contributed by atoms with Gasteiger partial charge in [0.2, 0.25) is 11.5 Å².